The standard InChI is InChI=1S/C31H33Cl2N5O3S/c1-41-27-12-10-25(11-13-27)38-30(40)28(21-29(39)34-24-8-6-22(32)7-9-24)37(31(38)42)15-3-14-35-16-18-36(19-17-35)26-5-2-4-23(33)20-26/h2,4-13,20,28H,3,14-19,21H2,1H3,(H,34,39). The summed E-state index contributed by atoms with van der Waals surface area (Å²) in [6.07, 6.45) is 0.781. The molecule has 0 aromatic heterocycles. The summed E-state index contributed by atoms with van der Waals surface area (Å²) >= 11 is 18.0. The Hall–Kier alpha value is -3.37. The Morgan fingerprint density at radius 1 is 0.929 bits per heavy atom. The molecule has 220 valence electrons. The van der Waals surface area contributed by atoms with Crippen molar-refractivity contribution >= 4 is 69.4 Å². The number of amides is 2. The second kappa shape index (κ2) is 13.7. The fourth-order valence-corrected chi connectivity index (χ4v) is 6.07. The van der Waals surface area contributed by atoms with Crippen molar-refractivity contribution in [3.05, 3.63) is 82.8 Å². The van der Waals surface area contributed by atoms with Gasteiger partial charge in [-0.15, -0.1) is 0 Å². The van der Waals surface area contributed by atoms with Crippen LogP contribution in [0.25, 0.3) is 0 Å². The van der Waals surface area contributed by atoms with Gasteiger partial charge in [-0.05, 0) is 91.9 Å². The summed E-state index contributed by atoms with van der Waals surface area (Å²) in [5.74, 6) is 0.200. The van der Waals surface area contributed by atoms with Gasteiger partial charge < -0.3 is 19.9 Å². The number of nitrogens with zero attached hydrogens (tertiary/aromatic N) is 4. The van der Waals surface area contributed by atoms with Crippen molar-refractivity contribution < 1.29 is 14.3 Å². The van der Waals surface area contributed by atoms with E-state index in [1.165, 1.54) is 4.90 Å². The zero-order valence-electron chi connectivity index (χ0n) is 23.3. The lowest BCUT2D eigenvalue weighted by atomic mass is 10.1. The molecule has 5 rings (SSSR count). The minimum Gasteiger partial charge on any atom is -0.497 e. The number of halogens is 2. The monoisotopic (exact) mass is 625 g/mol. The molecule has 2 saturated heterocycles. The van der Waals surface area contributed by atoms with Crippen molar-refractivity contribution in [2.45, 2.75) is 18.9 Å². The first kappa shape index (κ1) is 30.1. The molecule has 2 fully saturated rings. The first-order valence-electron chi connectivity index (χ1n) is 13.9. The zero-order chi connectivity index (χ0) is 29.6. The normalized spacial score (nSPS) is 17.6. The molecule has 8 nitrogen and oxygen atoms in total. The third kappa shape index (κ3) is 7.15. The highest BCUT2D eigenvalue weighted by molar-refractivity contribution is 7.80. The number of hydrogen-bond donors (Lipinski definition) is 1. The molecule has 0 bridgehead atoms. The Bertz CT molecular complexity index is 1410. The third-order valence-electron chi connectivity index (χ3n) is 7.57. The molecule has 2 aliphatic heterocycles. The third-order valence-corrected chi connectivity index (χ3v) is 8.48. The first-order valence-corrected chi connectivity index (χ1v) is 15.1. The van der Waals surface area contributed by atoms with E-state index in [1.807, 2.05) is 23.1 Å². The maximum atomic E-state index is 13.7. The van der Waals surface area contributed by atoms with Gasteiger partial charge in [0, 0.05) is 54.1 Å². The average Bonchev–Trinajstić information content (AvgIpc) is 3.22. The van der Waals surface area contributed by atoms with Crippen LogP contribution >= 0.6 is 35.4 Å². The molecule has 3 aromatic rings. The molecule has 0 saturated carbocycles. The second-order valence-electron chi connectivity index (χ2n) is 10.3. The molecule has 0 radical (unpaired) electrons. The molecule has 2 amide bonds. The number of carbonyl (C=O) groups excluding carboxylic acids is 2. The number of anilines is 3. The summed E-state index contributed by atoms with van der Waals surface area (Å²) in [4.78, 5) is 35.0. The lowest BCUT2D eigenvalue weighted by Crippen LogP contribution is -2.47. The fourth-order valence-electron chi connectivity index (χ4n) is 5.34. The summed E-state index contributed by atoms with van der Waals surface area (Å²) in [7, 11) is 1.59. The minimum absolute atomic E-state index is 0.0213. The van der Waals surface area contributed by atoms with Crippen molar-refractivity contribution in [3.8, 4) is 5.75 Å². The van der Waals surface area contributed by atoms with E-state index in [2.05, 4.69) is 21.2 Å². The van der Waals surface area contributed by atoms with E-state index in [0.717, 1.165) is 49.9 Å². The Kier molecular flexibility index (Phi) is 9.84. The van der Waals surface area contributed by atoms with E-state index in [0.29, 0.717) is 33.8 Å². The van der Waals surface area contributed by atoms with Crippen LogP contribution in [-0.2, 0) is 9.59 Å². The maximum Gasteiger partial charge on any atom is 0.256 e. The Balaban J connectivity index is 1.23. The van der Waals surface area contributed by atoms with Crippen LogP contribution in [0.5, 0.6) is 5.75 Å². The van der Waals surface area contributed by atoms with Crippen molar-refractivity contribution in [2.24, 2.45) is 0 Å². The van der Waals surface area contributed by atoms with Gasteiger partial charge in [0.2, 0.25) is 5.91 Å². The summed E-state index contributed by atoms with van der Waals surface area (Å²) in [5.41, 5.74) is 2.41. The highest BCUT2D eigenvalue weighted by Gasteiger charge is 2.44. The van der Waals surface area contributed by atoms with E-state index in [4.69, 9.17) is 40.2 Å². The zero-order valence-corrected chi connectivity index (χ0v) is 25.7. The van der Waals surface area contributed by atoms with Crippen LogP contribution in [0.3, 0.4) is 0 Å². The Morgan fingerprint density at radius 3 is 2.31 bits per heavy atom. The predicted octanol–water partition coefficient (Wildman–Crippen LogP) is 5.55. The van der Waals surface area contributed by atoms with Crippen LogP contribution in [0.15, 0.2) is 72.8 Å². The van der Waals surface area contributed by atoms with Crippen LogP contribution < -0.4 is 19.9 Å². The molecule has 2 aliphatic rings. The summed E-state index contributed by atoms with van der Waals surface area (Å²) in [6, 6.07) is 21.3. The van der Waals surface area contributed by atoms with Crippen molar-refractivity contribution in [1.82, 2.24) is 9.80 Å². The SMILES string of the molecule is COc1ccc(N2C(=O)C(CC(=O)Nc3ccc(Cl)cc3)N(CCCN3CCN(c4cccc(Cl)c4)CC3)C2=S)cc1. The van der Waals surface area contributed by atoms with Crippen LogP contribution in [0.2, 0.25) is 10.0 Å². The molecule has 11 heteroatoms. The number of piperazine rings is 1. The van der Waals surface area contributed by atoms with Gasteiger partial charge in [-0.2, -0.15) is 0 Å². The van der Waals surface area contributed by atoms with Gasteiger partial charge in [-0.25, -0.2) is 0 Å². The highest BCUT2D eigenvalue weighted by Crippen LogP contribution is 2.29. The highest BCUT2D eigenvalue weighted by atomic mass is 35.5. The van der Waals surface area contributed by atoms with Crippen molar-refractivity contribution in [1.29, 1.82) is 0 Å². The lowest BCUT2D eigenvalue weighted by Gasteiger charge is -2.36. The largest absolute Gasteiger partial charge is 0.497 e. The van der Waals surface area contributed by atoms with Gasteiger partial charge in [-0.1, -0.05) is 29.3 Å². The van der Waals surface area contributed by atoms with Crippen LogP contribution in [0, 0.1) is 0 Å². The smallest absolute Gasteiger partial charge is 0.256 e. The lowest BCUT2D eigenvalue weighted by molar-refractivity contribution is -0.124. The van der Waals surface area contributed by atoms with Gasteiger partial charge in [0.25, 0.3) is 5.91 Å². The number of rotatable bonds is 10. The number of benzene rings is 3. The van der Waals surface area contributed by atoms with Crippen molar-refractivity contribution in [3.63, 3.8) is 0 Å². The molecule has 0 aliphatic carbocycles. The van der Waals surface area contributed by atoms with E-state index >= 15 is 0 Å². The average molecular weight is 627 g/mol. The predicted molar refractivity (Wildman–Crippen MR) is 173 cm³/mol. The number of hydrogen-bond acceptors (Lipinski definition) is 6. The molecular weight excluding hydrogens is 593 g/mol. The quantitative estimate of drug-likeness (QED) is 0.297. The van der Waals surface area contributed by atoms with Gasteiger partial charge in [-0.3, -0.25) is 19.4 Å². The Labute approximate surface area is 261 Å². The number of nitrogens with one attached hydrogen (secondary N) is 1. The van der Waals surface area contributed by atoms with Crippen molar-refractivity contribution in [2.75, 3.05) is 61.5 Å². The second-order valence-corrected chi connectivity index (χ2v) is 11.5. The molecule has 2 heterocycles. The van der Waals surface area contributed by atoms with E-state index in [1.54, 1.807) is 55.6 Å². The molecule has 1 unspecified atom stereocenters. The van der Waals surface area contributed by atoms with Crippen LogP contribution in [0.1, 0.15) is 12.8 Å². The molecular formula is C31H33Cl2N5O3S. The Morgan fingerprint density at radius 2 is 1.64 bits per heavy atom. The molecule has 0 spiro atoms. The summed E-state index contributed by atoms with van der Waals surface area (Å²) in [6.45, 7) is 5.12. The topological polar surface area (TPSA) is 68.4 Å². The minimum atomic E-state index is -0.702. The van der Waals surface area contributed by atoms with E-state index in [-0.39, 0.29) is 18.2 Å². The summed E-state index contributed by atoms with van der Waals surface area (Å²) < 4.78 is 5.27. The fraction of sp³-hybridized carbons (Fsp3) is 0.323. The van der Waals surface area contributed by atoms with E-state index < -0.39 is 6.04 Å². The number of ether oxygens (including phenoxy) is 1. The maximum absolute atomic E-state index is 13.7. The van der Waals surface area contributed by atoms with Crippen LogP contribution in [0.4, 0.5) is 17.1 Å². The van der Waals surface area contributed by atoms with E-state index in [9.17, 15) is 9.59 Å². The number of methoxy groups -OCH3 is 1. The molecule has 1 atom stereocenters. The first-order chi connectivity index (χ1) is 20.3. The molecule has 42 heavy (non-hydrogen) atoms. The molecule has 3 aromatic carbocycles. The van der Waals surface area contributed by atoms with Gasteiger partial charge in [0.1, 0.15) is 11.8 Å². The molecule has 1 N–H and O–H groups in total. The summed E-state index contributed by atoms with van der Waals surface area (Å²) in [5, 5.41) is 4.60. The number of carbonyl (C=O) groups is 2. The van der Waals surface area contributed by atoms with Gasteiger partial charge in [0.15, 0.2) is 5.11 Å². The number of thiocarbonyl (C=S) groups is 1. The van der Waals surface area contributed by atoms with Crippen LogP contribution in [-0.4, -0.2) is 79.1 Å². The van der Waals surface area contributed by atoms with Gasteiger partial charge >= 0.3 is 0 Å². The van der Waals surface area contributed by atoms with Gasteiger partial charge in [0.05, 0.1) is 19.2 Å².